The summed E-state index contributed by atoms with van der Waals surface area (Å²) in [7, 11) is 3.41. The molecule has 1 aliphatic heterocycles. The summed E-state index contributed by atoms with van der Waals surface area (Å²) < 4.78 is 13.1. The molecule has 0 radical (unpaired) electrons. The minimum absolute atomic E-state index is 0.0980. The molecule has 4 atom stereocenters. The van der Waals surface area contributed by atoms with E-state index in [4.69, 9.17) is 9.47 Å². The van der Waals surface area contributed by atoms with E-state index < -0.39 is 0 Å². The smallest absolute Gasteiger partial charge is 0.228 e. The molecule has 0 N–H and O–H groups in total. The molecular weight excluding hydrogens is 382 g/mol. The second kappa shape index (κ2) is 7.98. The average Bonchev–Trinajstić information content (AvgIpc) is 3.46. The number of rotatable bonds is 5. The summed E-state index contributed by atoms with van der Waals surface area (Å²) in [5, 5.41) is 8.80. The van der Waals surface area contributed by atoms with Crippen molar-refractivity contribution in [2.75, 3.05) is 32.2 Å². The second-order valence-corrected chi connectivity index (χ2v) is 7.96. The average molecular weight is 407 g/mol. The summed E-state index contributed by atoms with van der Waals surface area (Å²) in [5.74, 6) is 2.39. The molecule has 1 saturated carbocycles. The van der Waals surface area contributed by atoms with Crippen LogP contribution in [0.4, 0.5) is 5.95 Å². The number of pyridine rings is 1. The van der Waals surface area contributed by atoms with Crippen LogP contribution in [0.3, 0.4) is 0 Å². The molecule has 30 heavy (non-hydrogen) atoms. The van der Waals surface area contributed by atoms with E-state index in [2.05, 4.69) is 30.2 Å². The Kier molecular flexibility index (Phi) is 5.04. The highest BCUT2D eigenvalue weighted by Gasteiger charge is 2.44. The predicted octanol–water partition coefficient (Wildman–Crippen LogP) is 2.24. The van der Waals surface area contributed by atoms with Crippen LogP contribution < -0.4 is 9.64 Å². The molecule has 156 valence electrons. The topological polar surface area (TPSA) is 91.1 Å². The van der Waals surface area contributed by atoms with Gasteiger partial charge in [0.2, 0.25) is 11.8 Å². The maximum atomic E-state index is 5.89. The Morgan fingerprint density at radius 1 is 1.07 bits per heavy atom. The van der Waals surface area contributed by atoms with Crippen molar-refractivity contribution in [2.24, 2.45) is 11.8 Å². The highest BCUT2D eigenvalue weighted by Crippen LogP contribution is 2.43. The van der Waals surface area contributed by atoms with Gasteiger partial charge in [-0.05, 0) is 36.8 Å². The minimum atomic E-state index is 0.0980. The van der Waals surface area contributed by atoms with Crippen LogP contribution in [0.2, 0.25) is 0 Å². The molecular formula is C21H25N7O2. The van der Waals surface area contributed by atoms with Gasteiger partial charge >= 0.3 is 0 Å². The van der Waals surface area contributed by atoms with E-state index >= 15 is 0 Å². The molecule has 0 bridgehead atoms. The van der Waals surface area contributed by atoms with Crippen LogP contribution in [-0.2, 0) is 4.74 Å². The van der Waals surface area contributed by atoms with E-state index in [1.54, 1.807) is 32.7 Å². The molecule has 0 aromatic carbocycles. The lowest BCUT2D eigenvalue weighted by Crippen LogP contribution is -2.37. The molecule has 4 heterocycles. The summed E-state index contributed by atoms with van der Waals surface area (Å²) in [6, 6.07) is 5.83. The monoisotopic (exact) mass is 407 g/mol. The molecule has 9 nitrogen and oxygen atoms in total. The van der Waals surface area contributed by atoms with Crippen molar-refractivity contribution in [3.05, 3.63) is 43.0 Å². The molecule has 2 aliphatic rings. The Balaban J connectivity index is 1.35. The van der Waals surface area contributed by atoms with Crippen LogP contribution in [0, 0.1) is 11.8 Å². The fourth-order valence-corrected chi connectivity index (χ4v) is 4.77. The van der Waals surface area contributed by atoms with Crippen molar-refractivity contribution >= 4 is 5.95 Å². The number of hydrogen-bond acceptors (Lipinski definition) is 8. The van der Waals surface area contributed by atoms with Crippen molar-refractivity contribution < 1.29 is 9.47 Å². The fraction of sp³-hybridized carbons (Fsp3) is 0.476. The van der Waals surface area contributed by atoms with Crippen LogP contribution in [0.5, 0.6) is 5.88 Å². The molecule has 3 aromatic rings. The van der Waals surface area contributed by atoms with Crippen molar-refractivity contribution in [2.45, 2.75) is 25.0 Å². The van der Waals surface area contributed by atoms with Gasteiger partial charge in [-0.1, -0.05) is 5.21 Å². The Labute approximate surface area is 175 Å². The fourth-order valence-electron chi connectivity index (χ4n) is 4.77. The second-order valence-electron chi connectivity index (χ2n) is 7.96. The molecule has 0 spiro atoms. The Hall–Kier alpha value is -3.07. The number of hydrogen-bond donors (Lipinski definition) is 0. The van der Waals surface area contributed by atoms with E-state index in [0.717, 1.165) is 43.1 Å². The first kappa shape index (κ1) is 18.9. The molecule has 5 rings (SSSR count). The molecule has 1 saturated heterocycles. The third-order valence-electron chi connectivity index (χ3n) is 6.30. The predicted molar refractivity (Wildman–Crippen MR) is 110 cm³/mol. The van der Waals surface area contributed by atoms with Crippen LogP contribution in [0.1, 0.15) is 18.9 Å². The summed E-state index contributed by atoms with van der Waals surface area (Å²) in [5.41, 5.74) is 1.80. The van der Waals surface area contributed by atoms with Crippen LogP contribution in [-0.4, -0.2) is 63.4 Å². The summed E-state index contributed by atoms with van der Waals surface area (Å²) in [6.07, 6.45) is 9.38. The lowest BCUT2D eigenvalue weighted by atomic mass is 9.77. The maximum Gasteiger partial charge on any atom is 0.228 e. The summed E-state index contributed by atoms with van der Waals surface area (Å²) in [6.45, 7) is 1.86. The first-order chi connectivity index (χ1) is 14.7. The number of ether oxygens (including phenoxy) is 2. The number of fused-ring (bicyclic) bond motifs is 1. The molecule has 9 heteroatoms. The number of anilines is 1. The zero-order valence-electron chi connectivity index (χ0n) is 17.1. The van der Waals surface area contributed by atoms with Crippen LogP contribution in [0.25, 0.3) is 11.3 Å². The van der Waals surface area contributed by atoms with Gasteiger partial charge in [0.15, 0.2) is 0 Å². The van der Waals surface area contributed by atoms with E-state index in [1.807, 2.05) is 29.2 Å². The Morgan fingerprint density at radius 2 is 1.93 bits per heavy atom. The van der Waals surface area contributed by atoms with Crippen LogP contribution >= 0.6 is 0 Å². The number of nitrogens with zero attached hydrogens (tertiary/aromatic N) is 7. The van der Waals surface area contributed by atoms with Gasteiger partial charge in [-0.3, -0.25) is 4.98 Å². The van der Waals surface area contributed by atoms with Gasteiger partial charge in [0.05, 0.1) is 25.5 Å². The quantitative estimate of drug-likeness (QED) is 0.636. The van der Waals surface area contributed by atoms with Crippen LogP contribution in [0.15, 0.2) is 43.0 Å². The largest absolute Gasteiger partial charge is 0.481 e. The maximum absolute atomic E-state index is 5.89. The van der Waals surface area contributed by atoms with Gasteiger partial charge < -0.3 is 14.4 Å². The normalized spacial score (nSPS) is 25.9. The first-order valence-corrected chi connectivity index (χ1v) is 10.2. The first-order valence-electron chi connectivity index (χ1n) is 10.2. The highest BCUT2D eigenvalue weighted by atomic mass is 16.5. The lowest BCUT2D eigenvalue weighted by Gasteiger charge is -2.36. The van der Waals surface area contributed by atoms with Crippen molar-refractivity contribution in [1.82, 2.24) is 29.9 Å². The third kappa shape index (κ3) is 3.49. The highest BCUT2D eigenvalue weighted by molar-refractivity contribution is 5.55. The van der Waals surface area contributed by atoms with Crippen molar-refractivity contribution in [3.63, 3.8) is 0 Å². The van der Waals surface area contributed by atoms with E-state index in [0.29, 0.717) is 17.7 Å². The molecule has 1 aliphatic carbocycles. The zero-order valence-corrected chi connectivity index (χ0v) is 17.1. The van der Waals surface area contributed by atoms with E-state index in [1.165, 1.54) is 0 Å². The summed E-state index contributed by atoms with van der Waals surface area (Å²) >= 11 is 0. The minimum Gasteiger partial charge on any atom is -0.481 e. The molecule has 0 amide bonds. The standard InChI is InChI=1S/C21H25N7O2/c1-29-19-9-16-12-27(21-23-7-5-20(24-21)30-2)11-15(16)8-18(19)28-13-17(25-26-28)14-4-3-6-22-10-14/h3-7,10,13,15-16,18-19H,8-9,11-12H2,1-2H3/t15-,16+,18-,19-/m1/s1. The lowest BCUT2D eigenvalue weighted by molar-refractivity contribution is -0.00541. The molecule has 0 unspecified atom stereocenters. The van der Waals surface area contributed by atoms with E-state index in [9.17, 15) is 0 Å². The van der Waals surface area contributed by atoms with Gasteiger partial charge in [-0.2, -0.15) is 4.98 Å². The van der Waals surface area contributed by atoms with Crippen molar-refractivity contribution in [1.29, 1.82) is 0 Å². The van der Waals surface area contributed by atoms with E-state index in [-0.39, 0.29) is 12.1 Å². The molecule has 3 aromatic heterocycles. The van der Waals surface area contributed by atoms with Gasteiger partial charge in [0, 0.05) is 50.4 Å². The molecule has 2 fully saturated rings. The Morgan fingerprint density at radius 3 is 2.70 bits per heavy atom. The third-order valence-corrected chi connectivity index (χ3v) is 6.30. The van der Waals surface area contributed by atoms with Crippen molar-refractivity contribution in [3.8, 4) is 17.1 Å². The summed E-state index contributed by atoms with van der Waals surface area (Å²) in [4.78, 5) is 15.4. The number of methoxy groups -OCH3 is 2. The zero-order chi connectivity index (χ0) is 20.5. The van der Waals surface area contributed by atoms with Gasteiger partial charge in [0.25, 0.3) is 0 Å². The Bertz CT molecular complexity index is 996. The number of aromatic nitrogens is 6. The van der Waals surface area contributed by atoms with Gasteiger partial charge in [-0.15, -0.1) is 5.10 Å². The van der Waals surface area contributed by atoms with Gasteiger partial charge in [-0.25, -0.2) is 9.67 Å². The SMILES string of the molecule is COc1ccnc(N2C[C@H]3C[C@@H](n4cc(-c5cccnc5)nn4)[C@H](OC)C[C@H]3C2)n1. The van der Waals surface area contributed by atoms with Gasteiger partial charge in [0.1, 0.15) is 5.69 Å².